The van der Waals surface area contributed by atoms with Gasteiger partial charge < -0.3 is 25.3 Å². The van der Waals surface area contributed by atoms with E-state index in [1.165, 1.54) is 0 Å². The van der Waals surface area contributed by atoms with E-state index in [0.717, 1.165) is 19.3 Å². The molecule has 0 aliphatic heterocycles. The van der Waals surface area contributed by atoms with Gasteiger partial charge >= 0.3 is 7.82 Å². The number of phosphoric ester groups is 1. The maximum absolute atomic E-state index is 11.8. The molecule has 1 amide bonds. The Morgan fingerprint density at radius 1 is 1.26 bits per heavy atom. The molecule has 0 fully saturated rings. The third-order valence-corrected chi connectivity index (χ3v) is 4.15. The van der Waals surface area contributed by atoms with Crippen LogP contribution in [0.2, 0.25) is 0 Å². The Labute approximate surface area is 137 Å². The summed E-state index contributed by atoms with van der Waals surface area (Å²) in [6, 6.07) is 0. The molecule has 0 aliphatic rings. The van der Waals surface area contributed by atoms with Crippen molar-refractivity contribution in [3.05, 3.63) is 0 Å². The molecule has 9 heteroatoms. The maximum Gasteiger partial charge on any atom is 0.469 e. The fourth-order valence-corrected chi connectivity index (χ4v) is 2.56. The molecule has 0 aromatic carbocycles. The van der Waals surface area contributed by atoms with E-state index in [1.54, 1.807) is 13.8 Å². The van der Waals surface area contributed by atoms with Crippen LogP contribution in [0.5, 0.6) is 0 Å². The first-order valence-electron chi connectivity index (χ1n) is 7.84. The van der Waals surface area contributed by atoms with Crippen molar-refractivity contribution < 1.29 is 33.9 Å². The van der Waals surface area contributed by atoms with E-state index < -0.39 is 31.4 Å². The SMILES string of the molecule is CCCCCC(CCNC(=O)C(O)C(C)(C)CO)OP(=O)(O)O. The van der Waals surface area contributed by atoms with Crippen LogP contribution in [0, 0.1) is 5.41 Å². The Balaban J connectivity index is 4.39. The smallest absolute Gasteiger partial charge is 0.396 e. The number of phosphoric acid groups is 1. The van der Waals surface area contributed by atoms with Crippen molar-refractivity contribution in [2.75, 3.05) is 13.2 Å². The van der Waals surface area contributed by atoms with Crippen molar-refractivity contribution in [3.63, 3.8) is 0 Å². The van der Waals surface area contributed by atoms with Crippen LogP contribution in [0.4, 0.5) is 0 Å². The molecule has 138 valence electrons. The molecule has 0 spiro atoms. The van der Waals surface area contributed by atoms with Gasteiger partial charge in [-0.25, -0.2) is 4.57 Å². The molecular formula is C14H30NO7P. The predicted molar refractivity (Wildman–Crippen MR) is 85.6 cm³/mol. The van der Waals surface area contributed by atoms with Crippen LogP contribution in [0.1, 0.15) is 52.9 Å². The predicted octanol–water partition coefficient (Wildman–Crippen LogP) is 0.930. The molecule has 0 aromatic rings. The van der Waals surface area contributed by atoms with E-state index in [-0.39, 0.29) is 19.6 Å². The Morgan fingerprint density at radius 3 is 2.35 bits per heavy atom. The van der Waals surface area contributed by atoms with Gasteiger partial charge in [-0.15, -0.1) is 0 Å². The van der Waals surface area contributed by atoms with E-state index in [9.17, 15) is 14.5 Å². The van der Waals surface area contributed by atoms with Gasteiger partial charge in [0.15, 0.2) is 0 Å². The van der Waals surface area contributed by atoms with Crippen LogP contribution in [-0.4, -0.2) is 51.3 Å². The first-order chi connectivity index (χ1) is 10.5. The van der Waals surface area contributed by atoms with E-state index in [2.05, 4.69) is 5.32 Å². The largest absolute Gasteiger partial charge is 0.469 e. The summed E-state index contributed by atoms with van der Waals surface area (Å²) in [6.07, 6.45) is 1.36. The summed E-state index contributed by atoms with van der Waals surface area (Å²) in [6.45, 7) is 4.91. The quantitative estimate of drug-likeness (QED) is 0.259. The molecule has 5 N–H and O–H groups in total. The number of hydrogen-bond donors (Lipinski definition) is 5. The van der Waals surface area contributed by atoms with Gasteiger partial charge in [0.05, 0.1) is 12.7 Å². The maximum atomic E-state index is 11.8. The van der Waals surface area contributed by atoms with E-state index in [4.69, 9.17) is 19.4 Å². The highest BCUT2D eigenvalue weighted by molar-refractivity contribution is 7.46. The summed E-state index contributed by atoms with van der Waals surface area (Å²) in [5, 5.41) is 21.5. The minimum absolute atomic E-state index is 0.119. The second-order valence-corrected chi connectivity index (χ2v) is 7.53. The molecule has 0 saturated carbocycles. The van der Waals surface area contributed by atoms with Gasteiger partial charge in [0.2, 0.25) is 5.91 Å². The monoisotopic (exact) mass is 355 g/mol. The molecule has 8 nitrogen and oxygen atoms in total. The number of amides is 1. The molecule has 0 aromatic heterocycles. The van der Waals surface area contributed by atoms with Crippen molar-refractivity contribution >= 4 is 13.7 Å². The van der Waals surface area contributed by atoms with Crippen molar-refractivity contribution in [1.29, 1.82) is 0 Å². The molecule has 0 aliphatic carbocycles. The average Bonchev–Trinajstić information content (AvgIpc) is 2.44. The first-order valence-corrected chi connectivity index (χ1v) is 9.37. The lowest BCUT2D eigenvalue weighted by atomic mass is 9.87. The van der Waals surface area contributed by atoms with Crippen LogP contribution in [-0.2, 0) is 13.9 Å². The third-order valence-electron chi connectivity index (χ3n) is 3.58. The average molecular weight is 355 g/mol. The molecule has 0 heterocycles. The molecule has 2 unspecified atom stereocenters. The third kappa shape index (κ3) is 10.1. The summed E-state index contributed by atoms with van der Waals surface area (Å²) >= 11 is 0. The summed E-state index contributed by atoms with van der Waals surface area (Å²) in [5.41, 5.74) is -0.965. The van der Waals surface area contributed by atoms with E-state index >= 15 is 0 Å². The number of carbonyl (C=O) groups is 1. The lowest BCUT2D eigenvalue weighted by Crippen LogP contribution is -2.46. The minimum Gasteiger partial charge on any atom is -0.396 e. The highest BCUT2D eigenvalue weighted by atomic mass is 31.2. The molecule has 0 bridgehead atoms. The van der Waals surface area contributed by atoms with Gasteiger partial charge in [-0.2, -0.15) is 0 Å². The standard InChI is InChI=1S/C14H30NO7P/c1-4-5-6-7-11(22-23(19,20)21)8-9-15-13(18)12(17)14(2,3)10-16/h11-12,16-17H,4-10H2,1-3H3,(H,15,18)(H2,19,20,21). The molecule has 0 saturated heterocycles. The number of nitrogens with one attached hydrogen (secondary N) is 1. The zero-order valence-electron chi connectivity index (χ0n) is 14.1. The van der Waals surface area contributed by atoms with Gasteiger partial charge in [-0.3, -0.25) is 9.32 Å². The number of hydrogen-bond acceptors (Lipinski definition) is 5. The fraction of sp³-hybridized carbons (Fsp3) is 0.929. The van der Waals surface area contributed by atoms with Crippen LogP contribution >= 0.6 is 7.82 Å². The lowest BCUT2D eigenvalue weighted by molar-refractivity contribution is -0.137. The van der Waals surface area contributed by atoms with Gasteiger partial charge in [0.25, 0.3) is 0 Å². The van der Waals surface area contributed by atoms with Gasteiger partial charge in [0, 0.05) is 12.0 Å². The van der Waals surface area contributed by atoms with Crippen molar-refractivity contribution in [2.24, 2.45) is 5.41 Å². The number of aliphatic hydroxyl groups is 2. The number of aliphatic hydroxyl groups excluding tert-OH is 2. The molecule has 2 atom stereocenters. The summed E-state index contributed by atoms with van der Waals surface area (Å²) in [7, 11) is -4.58. The van der Waals surface area contributed by atoms with Crippen LogP contribution in [0.3, 0.4) is 0 Å². The lowest BCUT2D eigenvalue weighted by Gasteiger charge is -2.27. The number of unbranched alkanes of at least 4 members (excludes halogenated alkanes) is 2. The molecular weight excluding hydrogens is 325 g/mol. The van der Waals surface area contributed by atoms with Crippen molar-refractivity contribution in [3.8, 4) is 0 Å². The zero-order chi connectivity index (χ0) is 18.1. The van der Waals surface area contributed by atoms with Crippen LogP contribution in [0.25, 0.3) is 0 Å². The van der Waals surface area contributed by atoms with Crippen molar-refractivity contribution in [2.45, 2.75) is 65.1 Å². The van der Waals surface area contributed by atoms with Crippen LogP contribution < -0.4 is 5.32 Å². The topological polar surface area (TPSA) is 136 Å². The highest BCUT2D eigenvalue weighted by Crippen LogP contribution is 2.39. The molecule has 0 radical (unpaired) electrons. The first kappa shape index (κ1) is 22.5. The second kappa shape index (κ2) is 10.4. The Morgan fingerprint density at radius 2 is 1.87 bits per heavy atom. The summed E-state index contributed by atoms with van der Waals surface area (Å²) in [4.78, 5) is 29.6. The normalized spacial score (nSPS) is 15.3. The molecule has 23 heavy (non-hydrogen) atoms. The summed E-state index contributed by atoms with van der Waals surface area (Å²) in [5.74, 6) is -0.632. The minimum atomic E-state index is -4.58. The Kier molecular flexibility index (Phi) is 10.2. The van der Waals surface area contributed by atoms with Gasteiger partial charge in [-0.1, -0.05) is 40.0 Å². The molecule has 0 rings (SSSR count). The number of carbonyl (C=O) groups excluding carboxylic acids is 1. The highest BCUT2D eigenvalue weighted by Gasteiger charge is 2.33. The Bertz CT molecular complexity index is 397. The van der Waals surface area contributed by atoms with Gasteiger partial charge in [-0.05, 0) is 12.8 Å². The van der Waals surface area contributed by atoms with Crippen molar-refractivity contribution in [1.82, 2.24) is 5.32 Å². The second-order valence-electron chi connectivity index (χ2n) is 6.34. The van der Waals surface area contributed by atoms with E-state index in [1.807, 2.05) is 6.92 Å². The van der Waals surface area contributed by atoms with Gasteiger partial charge in [0.1, 0.15) is 6.10 Å². The van der Waals surface area contributed by atoms with Crippen LogP contribution in [0.15, 0.2) is 0 Å². The van der Waals surface area contributed by atoms with E-state index in [0.29, 0.717) is 6.42 Å². The fourth-order valence-electron chi connectivity index (χ4n) is 1.96. The Hall–Kier alpha value is -0.500. The number of rotatable bonds is 12. The summed E-state index contributed by atoms with van der Waals surface area (Å²) < 4.78 is 15.7. The zero-order valence-corrected chi connectivity index (χ0v) is 15.0.